The fourth-order valence-electron chi connectivity index (χ4n) is 2.50. The van der Waals surface area contributed by atoms with E-state index in [2.05, 4.69) is 4.98 Å². The van der Waals surface area contributed by atoms with Gasteiger partial charge in [0.1, 0.15) is 0 Å². The maximum absolute atomic E-state index is 12.3. The van der Waals surface area contributed by atoms with Crippen LogP contribution < -0.4 is 5.73 Å². The summed E-state index contributed by atoms with van der Waals surface area (Å²) in [6, 6.07) is 0. The summed E-state index contributed by atoms with van der Waals surface area (Å²) >= 11 is 1.28. The Kier molecular flexibility index (Phi) is 3.73. The molecule has 7 heteroatoms. The van der Waals surface area contributed by atoms with Gasteiger partial charge in [-0.2, -0.15) is 0 Å². The number of anilines is 1. The van der Waals surface area contributed by atoms with Crippen molar-refractivity contribution in [3.63, 3.8) is 0 Å². The zero-order chi connectivity index (χ0) is 15.0. The number of nitrogen functional groups attached to an aromatic ring is 1. The first-order valence-corrected chi connectivity index (χ1v) is 7.38. The van der Waals surface area contributed by atoms with Crippen LogP contribution in [-0.4, -0.2) is 23.5 Å². The van der Waals surface area contributed by atoms with Crippen molar-refractivity contribution < 1.29 is 19.1 Å². The number of nitrogens with two attached hydrogens (primary N) is 1. The molecule has 110 valence electrons. The minimum atomic E-state index is -1.25. The minimum absolute atomic E-state index is 0.220. The van der Waals surface area contributed by atoms with Crippen molar-refractivity contribution in [2.24, 2.45) is 5.41 Å². The maximum Gasteiger partial charge on any atom is 0.324 e. The van der Waals surface area contributed by atoms with Gasteiger partial charge in [-0.25, -0.2) is 4.98 Å². The lowest BCUT2D eigenvalue weighted by Crippen LogP contribution is -2.37. The zero-order valence-corrected chi connectivity index (χ0v) is 12.6. The van der Waals surface area contributed by atoms with Crippen LogP contribution in [0.4, 0.5) is 5.13 Å². The second kappa shape index (κ2) is 5.05. The molecule has 6 nitrogen and oxygen atoms in total. The number of rotatable bonds is 4. The van der Waals surface area contributed by atoms with E-state index in [-0.39, 0.29) is 13.0 Å². The zero-order valence-electron chi connectivity index (χ0n) is 11.8. The molecule has 0 bridgehead atoms. The third-order valence-electron chi connectivity index (χ3n) is 3.68. The van der Waals surface area contributed by atoms with Crippen LogP contribution in [0, 0.1) is 5.41 Å². The first kappa shape index (κ1) is 14.8. The largest absolute Gasteiger partial charge is 0.465 e. The molecule has 1 aromatic heterocycles. The number of thiazole rings is 1. The third kappa shape index (κ3) is 2.15. The van der Waals surface area contributed by atoms with Gasteiger partial charge in [0.05, 0.1) is 12.3 Å². The van der Waals surface area contributed by atoms with Gasteiger partial charge in [0.15, 0.2) is 16.1 Å². The van der Waals surface area contributed by atoms with Gasteiger partial charge in [-0.15, -0.1) is 11.3 Å². The molecule has 20 heavy (non-hydrogen) atoms. The second-order valence-corrected chi connectivity index (χ2v) is 5.91. The Morgan fingerprint density at radius 3 is 2.80 bits per heavy atom. The molecule has 0 aromatic carbocycles. The number of esters is 2. The Morgan fingerprint density at radius 2 is 2.30 bits per heavy atom. The van der Waals surface area contributed by atoms with Gasteiger partial charge in [-0.3, -0.25) is 9.59 Å². The minimum Gasteiger partial charge on any atom is -0.465 e. The summed E-state index contributed by atoms with van der Waals surface area (Å²) in [5.74, 6) is -1.08. The molecule has 2 rings (SSSR count). The van der Waals surface area contributed by atoms with E-state index in [1.165, 1.54) is 11.3 Å². The summed E-state index contributed by atoms with van der Waals surface area (Å²) < 4.78 is 10.5. The van der Waals surface area contributed by atoms with Gasteiger partial charge in [0.25, 0.3) is 0 Å². The van der Waals surface area contributed by atoms with Crippen LogP contribution in [0.25, 0.3) is 0 Å². The molecule has 0 amide bonds. The molecule has 2 atom stereocenters. The highest BCUT2D eigenvalue weighted by molar-refractivity contribution is 7.13. The van der Waals surface area contributed by atoms with Crippen molar-refractivity contribution in [3.8, 4) is 0 Å². The Bertz CT molecular complexity index is 544. The quantitative estimate of drug-likeness (QED) is 0.673. The molecule has 0 radical (unpaired) electrons. The van der Waals surface area contributed by atoms with E-state index >= 15 is 0 Å². The van der Waals surface area contributed by atoms with Crippen LogP contribution in [0.3, 0.4) is 0 Å². The maximum atomic E-state index is 12.3. The summed E-state index contributed by atoms with van der Waals surface area (Å²) in [6.45, 7) is 5.46. The number of nitrogens with zero attached hydrogens (tertiary/aromatic N) is 1. The summed E-state index contributed by atoms with van der Waals surface area (Å²) in [6.07, 6.45) is 0.553. The molecule has 1 aromatic rings. The molecule has 1 aliphatic heterocycles. The number of aromatic nitrogens is 1. The van der Waals surface area contributed by atoms with Crippen molar-refractivity contribution in [1.29, 1.82) is 0 Å². The average molecular weight is 298 g/mol. The van der Waals surface area contributed by atoms with E-state index < -0.39 is 23.0 Å². The molecule has 0 aliphatic carbocycles. The van der Waals surface area contributed by atoms with Crippen LogP contribution >= 0.6 is 11.3 Å². The van der Waals surface area contributed by atoms with Crippen LogP contribution in [0.5, 0.6) is 0 Å². The first-order valence-electron chi connectivity index (χ1n) is 6.50. The van der Waals surface area contributed by atoms with E-state index in [9.17, 15) is 9.59 Å². The molecule has 1 saturated heterocycles. The van der Waals surface area contributed by atoms with E-state index in [0.717, 1.165) is 0 Å². The molecular formula is C13H18N2O4S. The lowest BCUT2D eigenvalue weighted by molar-refractivity contribution is -0.166. The summed E-state index contributed by atoms with van der Waals surface area (Å²) in [4.78, 5) is 28.6. The van der Waals surface area contributed by atoms with Gasteiger partial charge < -0.3 is 15.2 Å². The number of hydrogen-bond donors (Lipinski definition) is 1. The molecule has 2 N–H and O–H groups in total. The van der Waals surface area contributed by atoms with Gasteiger partial charge in [-0.05, 0) is 20.3 Å². The summed E-state index contributed by atoms with van der Waals surface area (Å²) in [5, 5.41) is 2.15. The Hall–Kier alpha value is -1.63. The predicted molar refractivity (Wildman–Crippen MR) is 73.9 cm³/mol. The molecule has 1 aliphatic rings. The molecule has 0 spiro atoms. The molecule has 1 fully saturated rings. The highest BCUT2D eigenvalue weighted by Crippen LogP contribution is 2.49. The number of cyclic esters (lactones) is 1. The highest BCUT2D eigenvalue weighted by Gasteiger charge is 2.60. The van der Waals surface area contributed by atoms with Crippen molar-refractivity contribution in [2.45, 2.75) is 39.2 Å². The van der Waals surface area contributed by atoms with Crippen LogP contribution in [0.2, 0.25) is 0 Å². The number of carbonyl (C=O) groups excluding carboxylic acids is 2. The number of ether oxygens (including phenoxy) is 2. The Labute approximate surface area is 121 Å². The topological polar surface area (TPSA) is 91.5 Å². The normalized spacial score (nSPS) is 29.2. The predicted octanol–water partition coefficient (Wildman–Crippen LogP) is 1.85. The average Bonchev–Trinajstić information content (AvgIpc) is 2.93. The van der Waals surface area contributed by atoms with Crippen LogP contribution in [0.15, 0.2) is 5.38 Å². The van der Waals surface area contributed by atoms with Crippen molar-refractivity contribution in [2.75, 3.05) is 12.3 Å². The van der Waals surface area contributed by atoms with E-state index in [0.29, 0.717) is 17.2 Å². The summed E-state index contributed by atoms with van der Waals surface area (Å²) in [7, 11) is 0. The fraction of sp³-hybridized carbons (Fsp3) is 0.615. The number of carbonyl (C=O) groups is 2. The van der Waals surface area contributed by atoms with Crippen molar-refractivity contribution in [3.05, 3.63) is 11.1 Å². The van der Waals surface area contributed by atoms with Crippen LogP contribution in [-0.2, 0) is 24.7 Å². The first-order chi connectivity index (χ1) is 9.38. The summed E-state index contributed by atoms with van der Waals surface area (Å²) in [5.41, 5.74) is 4.02. The van der Waals surface area contributed by atoms with Gasteiger partial charge in [0, 0.05) is 11.8 Å². The monoisotopic (exact) mass is 298 g/mol. The lowest BCUT2D eigenvalue weighted by Gasteiger charge is -2.23. The molecule has 2 unspecified atom stereocenters. The van der Waals surface area contributed by atoms with Gasteiger partial charge in [-0.1, -0.05) is 6.92 Å². The van der Waals surface area contributed by atoms with Crippen molar-refractivity contribution >= 4 is 28.4 Å². The Morgan fingerprint density at radius 1 is 1.60 bits per heavy atom. The fourth-order valence-corrected chi connectivity index (χ4v) is 3.18. The molecule has 2 heterocycles. The van der Waals surface area contributed by atoms with Gasteiger partial charge >= 0.3 is 11.9 Å². The molecule has 0 saturated carbocycles. The lowest BCUT2D eigenvalue weighted by atomic mass is 9.78. The highest BCUT2D eigenvalue weighted by atomic mass is 32.1. The van der Waals surface area contributed by atoms with Crippen LogP contribution in [0.1, 0.15) is 39.3 Å². The smallest absolute Gasteiger partial charge is 0.324 e. The third-order valence-corrected chi connectivity index (χ3v) is 4.36. The Balaban J connectivity index is 2.35. The van der Waals surface area contributed by atoms with Gasteiger partial charge in [0.2, 0.25) is 0 Å². The SMILES string of the molecule is CCOC(=O)C1(CC)CC(C)(c2csc(N)n2)OC1=O. The number of hydrogen-bond acceptors (Lipinski definition) is 7. The van der Waals surface area contributed by atoms with Crippen molar-refractivity contribution in [1.82, 2.24) is 4.98 Å². The second-order valence-electron chi connectivity index (χ2n) is 5.02. The molecular weight excluding hydrogens is 280 g/mol. The van der Waals surface area contributed by atoms with E-state index in [1.54, 1.807) is 26.2 Å². The van der Waals surface area contributed by atoms with E-state index in [1.807, 2.05) is 0 Å². The standard InChI is InChI=1S/C13H18N2O4S/c1-4-13(9(16)18-5-2)7-12(3,19-10(13)17)8-6-20-11(14)15-8/h6H,4-5,7H2,1-3H3,(H2,14,15). The van der Waals surface area contributed by atoms with E-state index in [4.69, 9.17) is 15.2 Å².